The van der Waals surface area contributed by atoms with E-state index in [0.29, 0.717) is 39.5 Å². The zero-order chi connectivity index (χ0) is 27.8. The number of halogens is 2. The van der Waals surface area contributed by atoms with Gasteiger partial charge in [0.15, 0.2) is 11.5 Å². The van der Waals surface area contributed by atoms with Crippen LogP contribution in [0.3, 0.4) is 0 Å². The molecular weight excluding hydrogens is 494 g/mol. The van der Waals surface area contributed by atoms with Crippen LogP contribution in [-0.2, 0) is 4.79 Å². The fourth-order valence-corrected chi connectivity index (χ4v) is 3.76. The molecule has 0 fully saturated rings. The molecule has 3 rings (SSSR count). The monoisotopic (exact) mass is 524 g/mol. The van der Waals surface area contributed by atoms with E-state index in [1.54, 1.807) is 50.5 Å². The number of nitrogens with zero attached hydrogens (tertiary/aromatic N) is 2. The minimum absolute atomic E-state index is 0.238. The van der Waals surface area contributed by atoms with Crippen LogP contribution in [0.1, 0.15) is 21.5 Å². The van der Waals surface area contributed by atoms with E-state index in [0.717, 1.165) is 0 Å². The molecule has 0 aliphatic rings. The molecule has 0 aliphatic carbocycles. The lowest BCUT2D eigenvalue weighted by molar-refractivity contribution is -0.124. The summed E-state index contributed by atoms with van der Waals surface area (Å²) >= 11 is 0. The Bertz CT molecular complexity index is 1240. The molecule has 0 aliphatic heterocycles. The molecule has 38 heavy (non-hydrogen) atoms. The highest BCUT2D eigenvalue weighted by molar-refractivity contribution is 5.99. The molecule has 3 aromatic rings. The van der Waals surface area contributed by atoms with Gasteiger partial charge in [0.25, 0.3) is 5.91 Å². The standard InChI is InChI=1S/C29H30F2N2O5/c1-32(14-15-33(2)29(35)21-16-25(36-3)28(38-5)26(17-21)37-4)27(34)18-24(19-6-10-22(30)11-7-19)20-8-12-23(31)13-9-20/h6-13,16-18H,14-15H2,1-5H3. The molecule has 0 heterocycles. The molecule has 0 saturated carbocycles. The summed E-state index contributed by atoms with van der Waals surface area (Å²) in [6.45, 7) is 0.482. The summed E-state index contributed by atoms with van der Waals surface area (Å²) in [6, 6.07) is 14.5. The predicted molar refractivity (Wildman–Crippen MR) is 141 cm³/mol. The Hall–Kier alpha value is -4.40. The van der Waals surface area contributed by atoms with Gasteiger partial charge in [0, 0.05) is 38.8 Å². The average molecular weight is 525 g/mol. The molecular formula is C29H30F2N2O5. The first-order valence-electron chi connectivity index (χ1n) is 11.7. The first kappa shape index (κ1) is 28.2. The van der Waals surface area contributed by atoms with E-state index < -0.39 is 11.6 Å². The third-order valence-corrected chi connectivity index (χ3v) is 5.98. The maximum Gasteiger partial charge on any atom is 0.253 e. The Morgan fingerprint density at radius 2 is 1.16 bits per heavy atom. The van der Waals surface area contributed by atoms with Crippen molar-refractivity contribution in [2.45, 2.75) is 0 Å². The molecule has 0 N–H and O–H groups in total. The molecule has 9 heteroatoms. The van der Waals surface area contributed by atoms with Crippen LogP contribution >= 0.6 is 0 Å². The maximum atomic E-state index is 13.5. The third kappa shape index (κ3) is 6.67. The first-order chi connectivity index (χ1) is 18.2. The van der Waals surface area contributed by atoms with Gasteiger partial charge in [-0.15, -0.1) is 0 Å². The molecule has 0 bridgehead atoms. The fourth-order valence-electron chi connectivity index (χ4n) is 3.76. The van der Waals surface area contributed by atoms with Crippen molar-refractivity contribution in [1.82, 2.24) is 9.80 Å². The molecule has 7 nitrogen and oxygen atoms in total. The Kier molecular flexibility index (Phi) is 9.43. The zero-order valence-corrected chi connectivity index (χ0v) is 22.0. The summed E-state index contributed by atoms with van der Waals surface area (Å²) in [5.41, 5.74) is 2.07. The lowest BCUT2D eigenvalue weighted by Crippen LogP contribution is -2.37. The molecule has 0 spiro atoms. The fraction of sp³-hybridized carbons (Fsp3) is 0.241. The second-order valence-corrected chi connectivity index (χ2v) is 8.47. The summed E-state index contributed by atoms with van der Waals surface area (Å²) in [5.74, 6) is -0.345. The second-order valence-electron chi connectivity index (χ2n) is 8.47. The normalized spacial score (nSPS) is 10.4. The number of amides is 2. The summed E-state index contributed by atoms with van der Waals surface area (Å²) < 4.78 is 42.9. The van der Waals surface area contributed by atoms with E-state index in [1.165, 1.54) is 61.5 Å². The van der Waals surface area contributed by atoms with Crippen LogP contribution in [0.5, 0.6) is 17.2 Å². The van der Waals surface area contributed by atoms with Gasteiger partial charge >= 0.3 is 0 Å². The SMILES string of the molecule is COc1cc(C(=O)N(C)CCN(C)C(=O)C=C(c2ccc(F)cc2)c2ccc(F)cc2)cc(OC)c1OC. The van der Waals surface area contributed by atoms with Crippen LogP contribution in [0.2, 0.25) is 0 Å². The molecule has 200 valence electrons. The molecule has 0 unspecified atom stereocenters. The summed E-state index contributed by atoms with van der Waals surface area (Å²) in [7, 11) is 7.66. The van der Waals surface area contributed by atoms with Crippen molar-refractivity contribution in [3.05, 3.63) is 95.1 Å². The van der Waals surface area contributed by atoms with Crippen LogP contribution in [0.15, 0.2) is 66.7 Å². The highest BCUT2D eigenvalue weighted by Gasteiger charge is 2.20. The quantitative estimate of drug-likeness (QED) is 0.361. The Morgan fingerprint density at radius 1 is 0.711 bits per heavy atom. The number of rotatable bonds is 10. The van der Waals surface area contributed by atoms with Crippen molar-refractivity contribution in [3.8, 4) is 17.2 Å². The van der Waals surface area contributed by atoms with Gasteiger partial charge in [-0.2, -0.15) is 0 Å². The Morgan fingerprint density at radius 3 is 1.58 bits per heavy atom. The van der Waals surface area contributed by atoms with E-state index >= 15 is 0 Å². The lowest BCUT2D eigenvalue weighted by atomic mass is 9.97. The number of hydrogen-bond acceptors (Lipinski definition) is 5. The predicted octanol–water partition coefficient (Wildman–Crippen LogP) is 4.65. The maximum absolute atomic E-state index is 13.5. The number of hydrogen-bond donors (Lipinski definition) is 0. The molecule has 0 atom stereocenters. The highest BCUT2D eigenvalue weighted by atomic mass is 19.1. The van der Waals surface area contributed by atoms with Crippen LogP contribution in [0, 0.1) is 11.6 Å². The number of benzene rings is 3. The first-order valence-corrected chi connectivity index (χ1v) is 11.7. The number of ether oxygens (including phenoxy) is 3. The number of likely N-dealkylation sites (N-methyl/N-ethyl adjacent to an activating group) is 2. The van der Waals surface area contributed by atoms with Gasteiger partial charge in [0.2, 0.25) is 11.7 Å². The summed E-state index contributed by atoms with van der Waals surface area (Å²) in [4.78, 5) is 29.1. The topological polar surface area (TPSA) is 68.3 Å². The van der Waals surface area contributed by atoms with Gasteiger partial charge in [-0.1, -0.05) is 24.3 Å². The van der Waals surface area contributed by atoms with Crippen LogP contribution in [0.4, 0.5) is 8.78 Å². The van der Waals surface area contributed by atoms with Gasteiger partial charge in [-0.3, -0.25) is 9.59 Å². The Labute approximate surface area is 220 Å². The molecule has 0 radical (unpaired) electrons. The highest BCUT2D eigenvalue weighted by Crippen LogP contribution is 2.38. The van der Waals surface area contributed by atoms with Crippen molar-refractivity contribution in [2.24, 2.45) is 0 Å². The minimum Gasteiger partial charge on any atom is -0.493 e. The lowest BCUT2D eigenvalue weighted by Gasteiger charge is -2.23. The average Bonchev–Trinajstić information content (AvgIpc) is 2.94. The van der Waals surface area contributed by atoms with Crippen molar-refractivity contribution >= 4 is 17.4 Å². The van der Waals surface area contributed by atoms with Gasteiger partial charge < -0.3 is 24.0 Å². The van der Waals surface area contributed by atoms with Crippen molar-refractivity contribution in [2.75, 3.05) is 48.5 Å². The summed E-state index contributed by atoms with van der Waals surface area (Å²) in [6.07, 6.45) is 1.42. The number of methoxy groups -OCH3 is 3. The molecule has 0 aromatic heterocycles. The van der Waals surface area contributed by atoms with Crippen LogP contribution in [0.25, 0.3) is 5.57 Å². The van der Waals surface area contributed by atoms with E-state index in [2.05, 4.69) is 0 Å². The molecule has 3 aromatic carbocycles. The van der Waals surface area contributed by atoms with Crippen molar-refractivity contribution in [1.29, 1.82) is 0 Å². The molecule has 0 saturated heterocycles. The Balaban J connectivity index is 1.76. The number of carbonyl (C=O) groups is 2. The van der Waals surface area contributed by atoms with Gasteiger partial charge in [0.05, 0.1) is 21.3 Å². The van der Waals surface area contributed by atoms with Crippen LogP contribution in [-0.4, -0.2) is 70.1 Å². The van der Waals surface area contributed by atoms with E-state index in [-0.39, 0.29) is 24.9 Å². The van der Waals surface area contributed by atoms with E-state index in [1.807, 2.05) is 0 Å². The van der Waals surface area contributed by atoms with Gasteiger partial charge in [-0.05, 0) is 53.1 Å². The number of carbonyl (C=O) groups excluding carboxylic acids is 2. The largest absolute Gasteiger partial charge is 0.493 e. The third-order valence-electron chi connectivity index (χ3n) is 5.98. The smallest absolute Gasteiger partial charge is 0.253 e. The van der Waals surface area contributed by atoms with Gasteiger partial charge in [-0.25, -0.2) is 8.78 Å². The van der Waals surface area contributed by atoms with Crippen molar-refractivity contribution < 1.29 is 32.6 Å². The van der Waals surface area contributed by atoms with E-state index in [4.69, 9.17) is 14.2 Å². The van der Waals surface area contributed by atoms with Gasteiger partial charge in [0.1, 0.15) is 11.6 Å². The van der Waals surface area contributed by atoms with Crippen molar-refractivity contribution in [3.63, 3.8) is 0 Å². The molecule has 2 amide bonds. The minimum atomic E-state index is -0.407. The van der Waals surface area contributed by atoms with E-state index in [9.17, 15) is 18.4 Å². The zero-order valence-electron chi connectivity index (χ0n) is 22.0. The summed E-state index contributed by atoms with van der Waals surface area (Å²) in [5, 5.41) is 0. The second kappa shape index (κ2) is 12.7. The van der Waals surface area contributed by atoms with Crippen LogP contribution < -0.4 is 14.2 Å².